The summed E-state index contributed by atoms with van der Waals surface area (Å²) in [6.07, 6.45) is 1.99. The van der Waals surface area contributed by atoms with Crippen molar-refractivity contribution < 1.29 is 14.3 Å². The first kappa shape index (κ1) is 16.8. The Kier molecular flexibility index (Phi) is 4.57. The number of carbonyl (C=O) groups is 2. The van der Waals surface area contributed by atoms with E-state index < -0.39 is 11.5 Å². The van der Waals surface area contributed by atoms with E-state index in [0.29, 0.717) is 5.56 Å². The molecule has 25 heavy (non-hydrogen) atoms. The molecule has 0 aliphatic rings. The fraction of sp³-hybridized carbons (Fsp3) is 0.200. The van der Waals surface area contributed by atoms with E-state index in [0.717, 1.165) is 16.5 Å². The van der Waals surface area contributed by atoms with Crippen LogP contribution in [-0.4, -0.2) is 24.0 Å². The van der Waals surface area contributed by atoms with Crippen LogP contribution in [0.5, 0.6) is 0 Å². The molecule has 2 aromatic carbocycles. The van der Waals surface area contributed by atoms with E-state index >= 15 is 0 Å². The van der Waals surface area contributed by atoms with Crippen molar-refractivity contribution in [2.24, 2.45) is 0 Å². The van der Waals surface area contributed by atoms with Crippen LogP contribution in [0.25, 0.3) is 10.9 Å². The van der Waals surface area contributed by atoms with Crippen LogP contribution in [0.1, 0.15) is 18.1 Å². The van der Waals surface area contributed by atoms with Crippen LogP contribution in [0.4, 0.5) is 0 Å². The molecule has 0 fully saturated rings. The van der Waals surface area contributed by atoms with Crippen molar-refractivity contribution in [1.29, 1.82) is 0 Å². The number of aromatic nitrogens is 1. The number of H-pyrrole nitrogens is 1. The van der Waals surface area contributed by atoms with Gasteiger partial charge in [0.25, 0.3) is 0 Å². The van der Waals surface area contributed by atoms with E-state index in [2.05, 4.69) is 10.3 Å². The van der Waals surface area contributed by atoms with Crippen LogP contribution in [-0.2, 0) is 26.3 Å². The third kappa shape index (κ3) is 3.26. The minimum absolute atomic E-state index is 0.170. The Bertz CT molecular complexity index is 901. The van der Waals surface area contributed by atoms with Gasteiger partial charge in [-0.3, -0.25) is 4.79 Å². The maximum absolute atomic E-state index is 12.6. The number of benzene rings is 2. The van der Waals surface area contributed by atoms with Gasteiger partial charge in [0.1, 0.15) is 0 Å². The molecular formula is C20H20N2O3. The molecule has 0 aliphatic carbocycles. The van der Waals surface area contributed by atoms with Crippen LogP contribution < -0.4 is 5.32 Å². The quantitative estimate of drug-likeness (QED) is 0.704. The van der Waals surface area contributed by atoms with Crippen molar-refractivity contribution in [2.75, 3.05) is 7.11 Å². The number of fused-ring (bicyclic) bond motifs is 1. The van der Waals surface area contributed by atoms with Crippen LogP contribution in [0.2, 0.25) is 0 Å². The van der Waals surface area contributed by atoms with Gasteiger partial charge < -0.3 is 15.0 Å². The molecule has 3 aromatic rings. The lowest BCUT2D eigenvalue weighted by atomic mass is 9.91. The maximum atomic E-state index is 12.6. The Labute approximate surface area is 146 Å². The molecule has 5 nitrogen and oxygen atoms in total. The number of para-hydroxylation sites is 1. The fourth-order valence-electron chi connectivity index (χ4n) is 2.99. The molecule has 0 bridgehead atoms. The largest absolute Gasteiger partial charge is 0.467 e. The number of ether oxygens (including phenoxy) is 1. The molecule has 128 valence electrons. The lowest BCUT2D eigenvalue weighted by Gasteiger charge is -2.28. The number of hydrogen-bond acceptors (Lipinski definition) is 3. The van der Waals surface area contributed by atoms with Crippen LogP contribution in [0.15, 0.2) is 60.8 Å². The molecule has 0 aliphatic heterocycles. The highest BCUT2D eigenvalue weighted by atomic mass is 16.5. The second-order valence-electron chi connectivity index (χ2n) is 6.07. The predicted octanol–water partition coefficient (Wildman–Crippen LogP) is 2.92. The molecule has 1 atom stereocenters. The first-order valence-corrected chi connectivity index (χ1v) is 8.04. The van der Waals surface area contributed by atoms with E-state index in [1.54, 1.807) is 19.1 Å². The van der Waals surface area contributed by atoms with Crippen molar-refractivity contribution in [2.45, 2.75) is 18.9 Å². The molecule has 0 saturated carbocycles. The normalized spacial score (nSPS) is 13.2. The zero-order valence-electron chi connectivity index (χ0n) is 14.2. The Hall–Kier alpha value is -3.08. The van der Waals surface area contributed by atoms with E-state index in [4.69, 9.17) is 4.74 Å². The SMILES string of the molecule is COC(=O)C(C)(NC(=O)Cc1c[nH]c2ccccc12)c1ccccc1. The lowest BCUT2D eigenvalue weighted by molar-refractivity contribution is -0.150. The van der Waals surface area contributed by atoms with Gasteiger partial charge in [-0.25, -0.2) is 4.79 Å². The van der Waals surface area contributed by atoms with Gasteiger partial charge in [-0.2, -0.15) is 0 Å². The first-order valence-electron chi connectivity index (χ1n) is 8.04. The van der Waals surface area contributed by atoms with Gasteiger partial charge in [0.15, 0.2) is 5.54 Å². The minimum Gasteiger partial charge on any atom is -0.467 e. The zero-order valence-corrected chi connectivity index (χ0v) is 14.2. The average molecular weight is 336 g/mol. The van der Waals surface area contributed by atoms with Gasteiger partial charge in [0.05, 0.1) is 13.5 Å². The summed E-state index contributed by atoms with van der Waals surface area (Å²) >= 11 is 0. The Morgan fingerprint density at radius 2 is 1.76 bits per heavy atom. The van der Waals surface area contributed by atoms with Gasteiger partial charge in [-0.15, -0.1) is 0 Å². The van der Waals surface area contributed by atoms with E-state index in [-0.39, 0.29) is 12.3 Å². The number of hydrogen-bond donors (Lipinski definition) is 2. The van der Waals surface area contributed by atoms with Crippen molar-refractivity contribution in [3.05, 3.63) is 71.9 Å². The third-order valence-electron chi connectivity index (χ3n) is 4.36. The molecule has 1 unspecified atom stereocenters. The number of amides is 1. The number of rotatable bonds is 5. The van der Waals surface area contributed by atoms with Crippen molar-refractivity contribution in [3.8, 4) is 0 Å². The summed E-state index contributed by atoms with van der Waals surface area (Å²) in [5, 5.41) is 3.83. The topological polar surface area (TPSA) is 71.2 Å². The first-order chi connectivity index (χ1) is 12.0. The Balaban J connectivity index is 1.85. The minimum atomic E-state index is -1.24. The number of methoxy groups -OCH3 is 1. The molecule has 2 N–H and O–H groups in total. The molecule has 3 rings (SSSR count). The number of aromatic amines is 1. The average Bonchev–Trinajstić information content (AvgIpc) is 3.04. The highest BCUT2D eigenvalue weighted by Gasteiger charge is 2.37. The van der Waals surface area contributed by atoms with Gasteiger partial charge in [0, 0.05) is 17.1 Å². The molecule has 1 heterocycles. The van der Waals surface area contributed by atoms with E-state index in [9.17, 15) is 9.59 Å². The molecule has 0 radical (unpaired) electrons. The summed E-state index contributed by atoms with van der Waals surface area (Å²) < 4.78 is 4.92. The fourth-order valence-corrected chi connectivity index (χ4v) is 2.99. The van der Waals surface area contributed by atoms with Crippen LogP contribution in [0.3, 0.4) is 0 Å². The molecule has 1 aromatic heterocycles. The summed E-state index contributed by atoms with van der Waals surface area (Å²) in [5.41, 5.74) is 1.30. The van der Waals surface area contributed by atoms with E-state index in [1.807, 2.05) is 48.7 Å². The number of nitrogens with one attached hydrogen (secondary N) is 2. The highest BCUT2D eigenvalue weighted by molar-refractivity contribution is 5.92. The van der Waals surface area contributed by atoms with Gasteiger partial charge in [-0.1, -0.05) is 48.5 Å². The monoisotopic (exact) mass is 336 g/mol. The lowest BCUT2D eigenvalue weighted by Crippen LogP contribution is -2.50. The second-order valence-corrected chi connectivity index (χ2v) is 6.07. The van der Waals surface area contributed by atoms with Crippen molar-refractivity contribution >= 4 is 22.8 Å². The predicted molar refractivity (Wildman–Crippen MR) is 96.0 cm³/mol. The maximum Gasteiger partial charge on any atom is 0.336 e. The van der Waals surface area contributed by atoms with Crippen LogP contribution in [0, 0.1) is 0 Å². The zero-order chi connectivity index (χ0) is 17.9. The van der Waals surface area contributed by atoms with Crippen molar-refractivity contribution in [3.63, 3.8) is 0 Å². The molecular weight excluding hydrogens is 316 g/mol. The van der Waals surface area contributed by atoms with Crippen molar-refractivity contribution in [1.82, 2.24) is 10.3 Å². The summed E-state index contributed by atoms with van der Waals surface area (Å²) in [4.78, 5) is 28.1. The number of esters is 1. The molecule has 0 saturated heterocycles. The van der Waals surface area contributed by atoms with Gasteiger partial charge in [0.2, 0.25) is 5.91 Å². The second kappa shape index (κ2) is 6.81. The smallest absolute Gasteiger partial charge is 0.336 e. The highest BCUT2D eigenvalue weighted by Crippen LogP contribution is 2.23. The third-order valence-corrected chi connectivity index (χ3v) is 4.36. The summed E-state index contributed by atoms with van der Waals surface area (Å²) in [7, 11) is 1.31. The molecule has 1 amide bonds. The standard InChI is InChI=1S/C20H20N2O3/c1-20(19(24)25-2,15-8-4-3-5-9-15)22-18(23)12-14-13-21-17-11-7-6-10-16(14)17/h3-11,13,21H,12H2,1-2H3,(H,22,23). The molecule has 5 heteroatoms. The summed E-state index contributed by atoms with van der Waals surface area (Å²) in [6, 6.07) is 16.9. The summed E-state index contributed by atoms with van der Waals surface area (Å²) in [6.45, 7) is 1.65. The van der Waals surface area contributed by atoms with Gasteiger partial charge >= 0.3 is 5.97 Å². The number of carbonyl (C=O) groups excluding carboxylic acids is 2. The summed E-state index contributed by atoms with van der Waals surface area (Å²) in [5.74, 6) is -0.757. The Morgan fingerprint density at radius 3 is 2.48 bits per heavy atom. The van der Waals surface area contributed by atoms with Crippen LogP contribution >= 0.6 is 0 Å². The van der Waals surface area contributed by atoms with E-state index in [1.165, 1.54) is 7.11 Å². The molecule has 0 spiro atoms. The Morgan fingerprint density at radius 1 is 1.08 bits per heavy atom. The van der Waals surface area contributed by atoms with Gasteiger partial charge in [-0.05, 0) is 24.1 Å².